The highest BCUT2D eigenvalue weighted by molar-refractivity contribution is 7.13. The lowest BCUT2D eigenvalue weighted by Gasteiger charge is -2.31. The van der Waals surface area contributed by atoms with Gasteiger partial charge < -0.3 is 14.6 Å². The Morgan fingerprint density at radius 3 is 2.48 bits per heavy atom. The molecule has 0 saturated carbocycles. The quantitative estimate of drug-likeness (QED) is 0.565. The van der Waals surface area contributed by atoms with E-state index in [1.54, 1.807) is 6.92 Å². The summed E-state index contributed by atoms with van der Waals surface area (Å²) in [6.07, 6.45) is 2.97. The third kappa shape index (κ3) is 8.10. The van der Waals surface area contributed by atoms with E-state index in [4.69, 9.17) is 9.47 Å². The number of rotatable bonds is 4. The molecule has 0 aliphatic carbocycles. The van der Waals surface area contributed by atoms with Crippen molar-refractivity contribution in [2.45, 2.75) is 32.8 Å². The summed E-state index contributed by atoms with van der Waals surface area (Å²) < 4.78 is 13.7. The summed E-state index contributed by atoms with van der Waals surface area (Å²) in [5, 5.41) is 9.55. The summed E-state index contributed by atoms with van der Waals surface area (Å²) in [6, 6.07) is 0. The van der Waals surface area contributed by atoms with Gasteiger partial charge >= 0.3 is 11.9 Å². The van der Waals surface area contributed by atoms with Crippen LogP contribution in [0.2, 0.25) is 0 Å². The lowest BCUT2D eigenvalue weighted by molar-refractivity contribution is -0.154. The Morgan fingerprint density at radius 2 is 1.88 bits per heavy atom. The molecule has 2 heterocycles. The summed E-state index contributed by atoms with van der Waals surface area (Å²) in [6.45, 7) is 7.46. The van der Waals surface area contributed by atoms with Gasteiger partial charge in [0.15, 0.2) is 0 Å². The molecule has 9 heteroatoms. The van der Waals surface area contributed by atoms with Crippen LogP contribution in [0.1, 0.15) is 26.7 Å². The van der Waals surface area contributed by atoms with E-state index >= 15 is 0 Å². The Bertz CT molecular complexity index is 475. The molecule has 0 aromatic rings. The number of carbonyl (C=O) groups is 2. The molecule has 2 rings (SSSR count). The number of nitrogens with zero attached hydrogens (tertiary/aromatic N) is 2. The molecule has 25 heavy (non-hydrogen) atoms. The fourth-order valence-electron chi connectivity index (χ4n) is 2.58. The zero-order chi connectivity index (χ0) is 18.8. The van der Waals surface area contributed by atoms with Crippen LogP contribution in [0.4, 0.5) is 0 Å². The number of aliphatic hydroxyl groups is 1. The fourth-order valence-corrected chi connectivity index (χ4v) is 3.31. The van der Waals surface area contributed by atoms with E-state index in [9.17, 15) is 14.7 Å². The van der Waals surface area contributed by atoms with E-state index < -0.39 is 6.10 Å². The van der Waals surface area contributed by atoms with E-state index in [1.165, 1.54) is 0 Å². The fraction of sp³-hybridized carbons (Fsp3) is 0.750. The number of carbonyl (C=O) groups excluding carboxylic acids is 2. The van der Waals surface area contributed by atoms with Gasteiger partial charge in [0.1, 0.15) is 0 Å². The molecule has 0 spiro atoms. The van der Waals surface area contributed by atoms with Gasteiger partial charge in [-0.2, -0.15) is 0 Å². The van der Waals surface area contributed by atoms with Crippen LogP contribution in [0.5, 0.6) is 0 Å². The molecule has 0 amide bonds. The van der Waals surface area contributed by atoms with Crippen LogP contribution in [0.15, 0.2) is 11.6 Å². The van der Waals surface area contributed by atoms with Gasteiger partial charge in [0.05, 0.1) is 25.2 Å². The number of aliphatic hydroxyl groups excluding tert-OH is 1. The second-order valence-corrected chi connectivity index (χ2v) is 7.38. The van der Waals surface area contributed by atoms with Crippen molar-refractivity contribution in [2.24, 2.45) is 5.92 Å². The van der Waals surface area contributed by atoms with Crippen LogP contribution in [-0.4, -0.2) is 71.9 Å². The predicted molar refractivity (Wildman–Crippen MR) is 103 cm³/mol. The number of ether oxygens (including phenoxy) is 2. The number of esters is 2. The third-order valence-electron chi connectivity index (χ3n) is 3.92. The Morgan fingerprint density at radius 1 is 1.20 bits per heavy atom. The van der Waals surface area contributed by atoms with Crippen LogP contribution < -0.4 is 0 Å². The summed E-state index contributed by atoms with van der Waals surface area (Å²) in [7, 11) is 5.14. The van der Waals surface area contributed by atoms with E-state index in [0.717, 1.165) is 25.1 Å². The molecule has 1 N–H and O–H groups in total. The van der Waals surface area contributed by atoms with Crippen molar-refractivity contribution in [2.75, 3.05) is 39.4 Å². The molecule has 0 aromatic heterocycles. The molecular weight excluding hydrogens is 362 g/mol. The lowest BCUT2D eigenvalue weighted by atomic mass is 9.96. The Labute approximate surface area is 154 Å². The Balaban J connectivity index is 0.000000251. The molecular formula is C16H30N2O5P2. The smallest absolute Gasteiger partial charge is 0.335 e. The maximum absolute atomic E-state index is 11.3. The first-order valence-corrected chi connectivity index (χ1v) is 9.62. The highest BCUT2D eigenvalue weighted by atomic mass is 31.0. The molecule has 0 aromatic carbocycles. The standard InChI is InChI=1S/C8H16NO3P.C8H14NO2P/c1-2-12-8(11)6-5-9(13)4-3-7(6)10;1-2-11-8(10)7-4-3-5-9(12)6-7/h6-7,10H,2-5,13H2,1H3;4H,2-3,5-6,12H2,1H3. The second-order valence-electron chi connectivity index (χ2n) is 5.92. The SMILES string of the molecule is CCOC(=O)C1=CCCN(P)C1.CCOC(=O)C1CN(P)CCC1O. The summed E-state index contributed by atoms with van der Waals surface area (Å²) >= 11 is 0. The average molecular weight is 392 g/mol. The van der Waals surface area contributed by atoms with Crippen molar-refractivity contribution in [3.63, 3.8) is 0 Å². The van der Waals surface area contributed by atoms with Gasteiger partial charge in [-0.15, -0.1) is 0 Å². The molecule has 144 valence electrons. The summed E-state index contributed by atoms with van der Waals surface area (Å²) in [5.74, 6) is -0.849. The minimum atomic E-state index is -0.546. The first-order valence-electron chi connectivity index (χ1n) is 8.59. The Hall–Kier alpha value is -0.580. The van der Waals surface area contributed by atoms with Crippen molar-refractivity contribution in [3.8, 4) is 0 Å². The highest BCUT2D eigenvalue weighted by Crippen LogP contribution is 2.20. The monoisotopic (exact) mass is 392 g/mol. The van der Waals surface area contributed by atoms with E-state index in [0.29, 0.717) is 32.7 Å². The molecule has 7 nitrogen and oxygen atoms in total. The van der Waals surface area contributed by atoms with Crippen LogP contribution in [0, 0.1) is 5.92 Å². The molecule has 4 unspecified atom stereocenters. The molecule has 2 aliphatic heterocycles. The number of piperidine rings is 1. The van der Waals surface area contributed by atoms with Crippen molar-refractivity contribution in [1.29, 1.82) is 0 Å². The molecule has 1 saturated heterocycles. The van der Waals surface area contributed by atoms with Crippen LogP contribution in [-0.2, 0) is 19.1 Å². The van der Waals surface area contributed by atoms with Crippen molar-refractivity contribution < 1.29 is 24.2 Å². The van der Waals surface area contributed by atoms with Gasteiger partial charge in [-0.1, -0.05) is 24.9 Å². The van der Waals surface area contributed by atoms with Gasteiger partial charge in [-0.3, -0.25) is 14.1 Å². The molecule has 1 fully saturated rings. The van der Waals surface area contributed by atoms with E-state index in [2.05, 4.69) is 18.8 Å². The van der Waals surface area contributed by atoms with E-state index in [1.807, 2.05) is 22.3 Å². The second kappa shape index (κ2) is 11.9. The summed E-state index contributed by atoms with van der Waals surface area (Å²) in [5.41, 5.74) is 0.776. The zero-order valence-corrected chi connectivity index (χ0v) is 17.3. The number of hydrogen-bond donors (Lipinski definition) is 1. The van der Waals surface area contributed by atoms with Gasteiger partial charge in [-0.25, -0.2) is 4.79 Å². The predicted octanol–water partition coefficient (Wildman–Crippen LogP) is 0.994. The minimum absolute atomic E-state index is 0.176. The zero-order valence-electron chi connectivity index (χ0n) is 15.0. The van der Waals surface area contributed by atoms with Crippen LogP contribution in [0.3, 0.4) is 0 Å². The lowest BCUT2D eigenvalue weighted by Crippen LogP contribution is -2.43. The maximum atomic E-state index is 11.3. The third-order valence-corrected chi connectivity index (χ3v) is 4.82. The normalized spacial score (nSPS) is 24.6. The van der Waals surface area contributed by atoms with Crippen LogP contribution in [0.25, 0.3) is 0 Å². The molecule has 4 atom stereocenters. The topological polar surface area (TPSA) is 79.3 Å². The molecule has 0 radical (unpaired) electrons. The summed E-state index contributed by atoms with van der Waals surface area (Å²) in [4.78, 5) is 22.6. The first-order chi connectivity index (χ1) is 11.9. The Kier molecular flexibility index (Phi) is 10.7. The van der Waals surface area contributed by atoms with Gasteiger partial charge in [0, 0.05) is 31.8 Å². The van der Waals surface area contributed by atoms with E-state index in [-0.39, 0.29) is 17.9 Å². The maximum Gasteiger partial charge on any atom is 0.335 e. The minimum Gasteiger partial charge on any atom is -0.466 e. The van der Waals surface area contributed by atoms with Crippen LogP contribution >= 0.6 is 18.8 Å². The van der Waals surface area contributed by atoms with Crippen molar-refractivity contribution >= 4 is 30.7 Å². The van der Waals surface area contributed by atoms with Crippen molar-refractivity contribution in [1.82, 2.24) is 9.34 Å². The average Bonchev–Trinajstić information content (AvgIpc) is 2.58. The van der Waals surface area contributed by atoms with Gasteiger partial charge in [0.25, 0.3) is 0 Å². The molecule has 2 aliphatic rings. The number of hydrogen-bond acceptors (Lipinski definition) is 7. The van der Waals surface area contributed by atoms with Crippen molar-refractivity contribution in [3.05, 3.63) is 11.6 Å². The largest absolute Gasteiger partial charge is 0.466 e. The first kappa shape index (κ1) is 22.5. The van der Waals surface area contributed by atoms with Gasteiger partial charge in [0.2, 0.25) is 0 Å². The molecule has 0 bridgehead atoms. The highest BCUT2D eigenvalue weighted by Gasteiger charge is 2.32. The van der Waals surface area contributed by atoms with Gasteiger partial charge in [-0.05, 0) is 26.7 Å².